The fourth-order valence-electron chi connectivity index (χ4n) is 1.70. The molecule has 96 valence electrons. The maximum atomic E-state index is 11.1. The number of carboxylic acid groups (broad SMARTS) is 1. The van der Waals surface area contributed by atoms with Crippen LogP contribution in [0.2, 0.25) is 0 Å². The van der Waals surface area contributed by atoms with Crippen LogP contribution in [0.4, 0.5) is 0 Å². The van der Waals surface area contributed by atoms with Crippen molar-refractivity contribution in [2.45, 2.75) is 26.7 Å². The molecule has 0 aliphatic carbocycles. The zero-order valence-corrected chi connectivity index (χ0v) is 10.7. The average Bonchev–Trinajstić information content (AvgIpc) is 2.35. The van der Waals surface area contributed by atoms with Crippen LogP contribution in [0.25, 0.3) is 0 Å². The fraction of sp³-hybridized carbons (Fsp3) is 0.267. The molecule has 0 atom stereocenters. The van der Waals surface area contributed by atoms with Gasteiger partial charge < -0.3 is 10.2 Å². The van der Waals surface area contributed by atoms with E-state index in [1.807, 2.05) is 44.2 Å². The number of aromatic hydroxyl groups is 1. The highest BCUT2D eigenvalue weighted by molar-refractivity contribution is 5.91. The van der Waals surface area contributed by atoms with Gasteiger partial charge in [0.2, 0.25) is 0 Å². The Morgan fingerprint density at radius 3 is 2.33 bits per heavy atom. The van der Waals surface area contributed by atoms with Gasteiger partial charge in [-0.2, -0.15) is 0 Å². The lowest BCUT2D eigenvalue weighted by molar-refractivity contribution is 0.0693. The molecule has 0 unspecified atom stereocenters. The molecule has 0 aliphatic heterocycles. The number of hydrogen-bond donors (Lipinski definition) is 2. The molecule has 0 heterocycles. The van der Waals surface area contributed by atoms with E-state index in [1.54, 1.807) is 0 Å². The van der Waals surface area contributed by atoms with Crippen LogP contribution in [0.5, 0.6) is 5.75 Å². The van der Waals surface area contributed by atoms with E-state index < -0.39 is 5.97 Å². The summed E-state index contributed by atoms with van der Waals surface area (Å²) in [5.74, 6) is -1.23. The van der Waals surface area contributed by atoms with Gasteiger partial charge in [0.15, 0.2) is 0 Å². The molecule has 0 saturated heterocycles. The highest BCUT2D eigenvalue weighted by atomic mass is 16.4. The van der Waals surface area contributed by atoms with Crippen molar-refractivity contribution in [3.8, 4) is 5.75 Å². The third kappa shape index (κ3) is 3.48. The van der Waals surface area contributed by atoms with Gasteiger partial charge in [0, 0.05) is 0 Å². The minimum atomic E-state index is -1.10. The van der Waals surface area contributed by atoms with Crippen molar-refractivity contribution in [3.05, 3.63) is 53.1 Å². The molecule has 0 saturated carbocycles. The van der Waals surface area contributed by atoms with Crippen molar-refractivity contribution in [3.63, 3.8) is 0 Å². The van der Waals surface area contributed by atoms with Crippen molar-refractivity contribution in [1.82, 2.24) is 0 Å². The Hall–Kier alpha value is -2.03. The zero-order valence-electron chi connectivity index (χ0n) is 10.7. The first kappa shape index (κ1) is 14.0. The summed E-state index contributed by atoms with van der Waals surface area (Å²) >= 11 is 0. The Morgan fingerprint density at radius 1 is 1.17 bits per heavy atom. The van der Waals surface area contributed by atoms with Crippen molar-refractivity contribution in [1.29, 1.82) is 0 Å². The summed E-state index contributed by atoms with van der Waals surface area (Å²) < 4.78 is 0. The average molecular weight is 246 g/mol. The molecule has 0 aromatic heterocycles. The molecular weight excluding hydrogens is 228 g/mol. The van der Waals surface area contributed by atoms with Gasteiger partial charge in [0.1, 0.15) is 11.3 Å². The predicted molar refractivity (Wildman–Crippen MR) is 72.1 cm³/mol. The van der Waals surface area contributed by atoms with E-state index in [4.69, 9.17) is 5.11 Å². The number of aromatic carboxylic acids is 1. The number of allylic oxidation sites excluding steroid dienone is 4. The molecule has 1 aromatic rings. The smallest absolute Gasteiger partial charge is 0.339 e. The number of hydrogen-bond acceptors (Lipinski definition) is 2. The molecule has 3 heteroatoms. The van der Waals surface area contributed by atoms with E-state index in [2.05, 4.69) is 0 Å². The maximum Gasteiger partial charge on any atom is 0.339 e. The van der Waals surface area contributed by atoms with Crippen LogP contribution in [0.15, 0.2) is 36.4 Å². The van der Waals surface area contributed by atoms with Crippen LogP contribution in [0.1, 0.15) is 35.3 Å². The number of carbonyl (C=O) groups is 1. The highest BCUT2D eigenvalue weighted by Gasteiger charge is 2.14. The van der Waals surface area contributed by atoms with Gasteiger partial charge in [0.25, 0.3) is 0 Å². The van der Waals surface area contributed by atoms with E-state index in [0.717, 1.165) is 5.56 Å². The Kier molecular flexibility index (Phi) is 5.18. The fourth-order valence-corrected chi connectivity index (χ4v) is 1.70. The second-order valence-corrected chi connectivity index (χ2v) is 4.00. The van der Waals surface area contributed by atoms with E-state index >= 15 is 0 Å². The summed E-state index contributed by atoms with van der Waals surface area (Å²) in [5, 5.41) is 19.0. The molecule has 0 fully saturated rings. The maximum absolute atomic E-state index is 11.1. The van der Waals surface area contributed by atoms with Crippen LogP contribution in [0.3, 0.4) is 0 Å². The van der Waals surface area contributed by atoms with Gasteiger partial charge >= 0.3 is 5.97 Å². The standard InChI is InChI=1S/C15H18O3/c1-3-5-7-11-9-12(8-6-4-2)14(16)13(10-11)15(17)18/h3-6,9-10,16H,7-8H2,1-2H3,(H,17,18). The van der Waals surface area contributed by atoms with Crippen molar-refractivity contribution >= 4 is 5.97 Å². The van der Waals surface area contributed by atoms with Gasteiger partial charge in [-0.15, -0.1) is 0 Å². The Morgan fingerprint density at radius 2 is 1.78 bits per heavy atom. The van der Waals surface area contributed by atoms with Gasteiger partial charge in [-0.3, -0.25) is 0 Å². The first-order chi connectivity index (χ1) is 8.60. The predicted octanol–water partition coefficient (Wildman–Crippen LogP) is 3.33. The van der Waals surface area contributed by atoms with Gasteiger partial charge in [-0.1, -0.05) is 30.4 Å². The first-order valence-corrected chi connectivity index (χ1v) is 5.90. The lowest BCUT2D eigenvalue weighted by atomic mass is 9.99. The highest BCUT2D eigenvalue weighted by Crippen LogP contribution is 2.26. The quantitative estimate of drug-likeness (QED) is 0.783. The Labute approximate surface area is 107 Å². The van der Waals surface area contributed by atoms with Crippen molar-refractivity contribution in [2.75, 3.05) is 0 Å². The number of phenols is 1. The normalized spacial score (nSPS) is 11.4. The van der Waals surface area contributed by atoms with E-state index in [9.17, 15) is 9.90 Å². The molecule has 0 aliphatic rings. The zero-order chi connectivity index (χ0) is 13.5. The molecule has 1 aromatic carbocycles. The molecular formula is C15H18O3. The third-order valence-electron chi connectivity index (χ3n) is 2.64. The molecule has 0 radical (unpaired) electrons. The van der Waals surface area contributed by atoms with Crippen molar-refractivity contribution in [2.24, 2.45) is 0 Å². The Balaban J connectivity index is 3.22. The van der Waals surface area contributed by atoms with Crippen LogP contribution in [-0.2, 0) is 12.8 Å². The van der Waals surface area contributed by atoms with Crippen LogP contribution in [0, 0.1) is 0 Å². The second kappa shape index (κ2) is 6.64. The second-order valence-electron chi connectivity index (χ2n) is 4.00. The van der Waals surface area contributed by atoms with Gasteiger partial charge in [-0.05, 0) is 43.9 Å². The molecule has 0 bridgehead atoms. The summed E-state index contributed by atoms with van der Waals surface area (Å²) in [6, 6.07) is 3.37. The first-order valence-electron chi connectivity index (χ1n) is 5.90. The summed E-state index contributed by atoms with van der Waals surface area (Å²) in [7, 11) is 0. The summed E-state index contributed by atoms with van der Waals surface area (Å²) in [5.41, 5.74) is 1.51. The van der Waals surface area contributed by atoms with Gasteiger partial charge in [0.05, 0.1) is 0 Å². The van der Waals surface area contributed by atoms with Crippen LogP contribution < -0.4 is 0 Å². The molecule has 0 spiro atoms. The summed E-state index contributed by atoms with van der Waals surface area (Å²) in [6.45, 7) is 3.80. The lowest BCUT2D eigenvalue weighted by Crippen LogP contribution is -2.01. The SMILES string of the molecule is CC=CCc1cc(CC=CC)c(O)c(C(=O)O)c1. The third-order valence-corrected chi connectivity index (χ3v) is 2.64. The topological polar surface area (TPSA) is 57.5 Å². The van der Waals surface area contributed by atoms with E-state index in [-0.39, 0.29) is 11.3 Å². The Bertz CT molecular complexity index is 485. The number of benzene rings is 1. The van der Waals surface area contributed by atoms with Crippen LogP contribution in [-0.4, -0.2) is 16.2 Å². The van der Waals surface area contributed by atoms with Crippen LogP contribution >= 0.6 is 0 Å². The molecule has 2 N–H and O–H groups in total. The van der Waals surface area contributed by atoms with Gasteiger partial charge in [-0.25, -0.2) is 4.79 Å². The molecule has 1 rings (SSSR count). The van der Waals surface area contributed by atoms with E-state index in [0.29, 0.717) is 18.4 Å². The lowest BCUT2D eigenvalue weighted by Gasteiger charge is -2.08. The largest absolute Gasteiger partial charge is 0.507 e. The minimum Gasteiger partial charge on any atom is -0.507 e. The molecule has 3 nitrogen and oxygen atoms in total. The number of carboxylic acids is 1. The summed E-state index contributed by atoms with van der Waals surface area (Å²) in [6.07, 6.45) is 8.83. The minimum absolute atomic E-state index is 0.0310. The molecule has 0 amide bonds. The van der Waals surface area contributed by atoms with E-state index in [1.165, 1.54) is 6.07 Å². The monoisotopic (exact) mass is 246 g/mol. The summed E-state index contributed by atoms with van der Waals surface area (Å²) in [4.78, 5) is 11.1. The number of rotatable bonds is 5. The molecule has 18 heavy (non-hydrogen) atoms. The van der Waals surface area contributed by atoms with Crippen molar-refractivity contribution < 1.29 is 15.0 Å².